The summed E-state index contributed by atoms with van der Waals surface area (Å²) >= 11 is 0. The summed E-state index contributed by atoms with van der Waals surface area (Å²) in [5.41, 5.74) is 8.32. The van der Waals surface area contributed by atoms with E-state index in [1.54, 1.807) is 0 Å². The highest BCUT2D eigenvalue weighted by atomic mass is 16.2. The standard InChI is InChI=1S/C14H24N2O/c1-12-6-5-7-13(10-12)14(11-15)16-8-3-2-4-9-17/h5-7,10,14,16-17H,2-4,8-9,11,15H2,1H3. The van der Waals surface area contributed by atoms with Crippen molar-refractivity contribution in [2.24, 2.45) is 5.73 Å². The molecule has 0 saturated heterocycles. The number of nitrogens with two attached hydrogens (primary N) is 1. The molecule has 0 aromatic heterocycles. The third kappa shape index (κ3) is 5.31. The van der Waals surface area contributed by atoms with E-state index in [2.05, 4.69) is 36.5 Å². The first-order valence-electron chi connectivity index (χ1n) is 6.38. The maximum Gasteiger partial charge on any atom is 0.0444 e. The molecule has 0 aliphatic carbocycles. The summed E-state index contributed by atoms with van der Waals surface area (Å²) in [6.07, 6.45) is 3.04. The van der Waals surface area contributed by atoms with Crippen molar-refractivity contribution in [2.75, 3.05) is 19.7 Å². The van der Waals surface area contributed by atoms with Gasteiger partial charge in [-0.1, -0.05) is 29.8 Å². The fraction of sp³-hybridized carbons (Fsp3) is 0.571. The molecule has 3 heteroatoms. The lowest BCUT2D eigenvalue weighted by Crippen LogP contribution is -2.29. The molecular formula is C14H24N2O. The zero-order valence-electron chi connectivity index (χ0n) is 10.7. The van der Waals surface area contributed by atoms with Crippen LogP contribution in [0.15, 0.2) is 24.3 Å². The van der Waals surface area contributed by atoms with Gasteiger partial charge in [0.05, 0.1) is 0 Å². The first kappa shape index (κ1) is 14.2. The van der Waals surface area contributed by atoms with E-state index in [4.69, 9.17) is 10.8 Å². The van der Waals surface area contributed by atoms with Crippen molar-refractivity contribution in [3.8, 4) is 0 Å². The number of aliphatic hydroxyl groups is 1. The Morgan fingerprint density at radius 1 is 1.29 bits per heavy atom. The Labute approximate surface area is 104 Å². The second-order valence-electron chi connectivity index (χ2n) is 4.44. The van der Waals surface area contributed by atoms with Gasteiger partial charge in [-0.3, -0.25) is 0 Å². The van der Waals surface area contributed by atoms with Crippen LogP contribution in [0.25, 0.3) is 0 Å². The molecule has 1 atom stereocenters. The maximum atomic E-state index is 8.69. The van der Waals surface area contributed by atoms with Crippen molar-refractivity contribution in [1.82, 2.24) is 5.32 Å². The van der Waals surface area contributed by atoms with E-state index in [1.165, 1.54) is 11.1 Å². The van der Waals surface area contributed by atoms with Crippen molar-refractivity contribution in [2.45, 2.75) is 32.2 Å². The number of unbranched alkanes of at least 4 members (excludes halogenated alkanes) is 2. The quantitative estimate of drug-likeness (QED) is 0.603. The Bertz CT molecular complexity index is 315. The van der Waals surface area contributed by atoms with E-state index in [1.807, 2.05) is 0 Å². The molecular weight excluding hydrogens is 212 g/mol. The summed E-state index contributed by atoms with van der Waals surface area (Å²) in [7, 11) is 0. The monoisotopic (exact) mass is 236 g/mol. The summed E-state index contributed by atoms with van der Waals surface area (Å²) in [6, 6.07) is 8.70. The fourth-order valence-corrected chi connectivity index (χ4v) is 1.91. The van der Waals surface area contributed by atoms with Crippen LogP contribution in [0.5, 0.6) is 0 Å². The fourth-order valence-electron chi connectivity index (χ4n) is 1.91. The van der Waals surface area contributed by atoms with Crippen LogP contribution in [-0.2, 0) is 0 Å². The number of nitrogens with one attached hydrogen (secondary N) is 1. The van der Waals surface area contributed by atoms with Gasteiger partial charge in [0, 0.05) is 19.2 Å². The zero-order chi connectivity index (χ0) is 12.5. The first-order chi connectivity index (χ1) is 8.27. The summed E-state index contributed by atoms with van der Waals surface area (Å²) in [4.78, 5) is 0. The molecule has 1 aromatic rings. The average molecular weight is 236 g/mol. The molecule has 0 aliphatic rings. The Morgan fingerprint density at radius 2 is 2.12 bits per heavy atom. The predicted octanol–water partition coefficient (Wildman–Crippen LogP) is 1.75. The molecule has 0 heterocycles. The van der Waals surface area contributed by atoms with Crippen LogP contribution in [0.3, 0.4) is 0 Å². The van der Waals surface area contributed by atoms with Crippen LogP contribution in [0, 0.1) is 6.92 Å². The number of aryl methyl sites for hydroxylation is 1. The van der Waals surface area contributed by atoms with Crippen LogP contribution >= 0.6 is 0 Å². The normalized spacial score (nSPS) is 12.6. The third-order valence-electron chi connectivity index (χ3n) is 2.91. The minimum Gasteiger partial charge on any atom is -0.396 e. The Hall–Kier alpha value is -0.900. The second-order valence-corrected chi connectivity index (χ2v) is 4.44. The van der Waals surface area contributed by atoms with Gasteiger partial charge in [0.1, 0.15) is 0 Å². The van der Waals surface area contributed by atoms with Gasteiger partial charge in [-0.25, -0.2) is 0 Å². The molecule has 1 aromatic carbocycles. The SMILES string of the molecule is Cc1cccc(C(CN)NCCCCCO)c1. The molecule has 4 N–H and O–H groups in total. The molecule has 96 valence electrons. The average Bonchev–Trinajstić information content (AvgIpc) is 2.34. The molecule has 0 spiro atoms. The smallest absolute Gasteiger partial charge is 0.0444 e. The van der Waals surface area contributed by atoms with Crippen LogP contribution in [0.1, 0.15) is 36.4 Å². The van der Waals surface area contributed by atoms with Gasteiger partial charge in [0.2, 0.25) is 0 Å². The first-order valence-corrected chi connectivity index (χ1v) is 6.38. The predicted molar refractivity (Wildman–Crippen MR) is 71.9 cm³/mol. The topological polar surface area (TPSA) is 58.3 Å². The molecule has 0 saturated carbocycles. The van der Waals surface area contributed by atoms with Gasteiger partial charge < -0.3 is 16.2 Å². The lowest BCUT2D eigenvalue weighted by atomic mass is 10.0. The largest absolute Gasteiger partial charge is 0.396 e. The zero-order valence-corrected chi connectivity index (χ0v) is 10.7. The van der Waals surface area contributed by atoms with E-state index in [-0.39, 0.29) is 12.6 Å². The van der Waals surface area contributed by atoms with Crippen molar-refractivity contribution in [3.05, 3.63) is 35.4 Å². The van der Waals surface area contributed by atoms with Crippen LogP contribution < -0.4 is 11.1 Å². The highest BCUT2D eigenvalue weighted by Crippen LogP contribution is 2.13. The van der Waals surface area contributed by atoms with Crippen molar-refractivity contribution >= 4 is 0 Å². The third-order valence-corrected chi connectivity index (χ3v) is 2.91. The van der Waals surface area contributed by atoms with E-state index >= 15 is 0 Å². The van der Waals surface area contributed by atoms with Gasteiger partial charge in [-0.15, -0.1) is 0 Å². The maximum absolute atomic E-state index is 8.69. The van der Waals surface area contributed by atoms with Gasteiger partial charge in [-0.05, 0) is 38.3 Å². The Balaban J connectivity index is 2.38. The second kappa shape index (κ2) is 8.23. The number of hydrogen-bond acceptors (Lipinski definition) is 3. The molecule has 1 rings (SSSR count). The molecule has 0 aliphatic heterocycles. The molecule has 1 unspecified atom stereocenters. The Morgan fingerprint density at radius 3 is 2.76 bits per heavy atom. The van der Waals surface area contributed by atoms with Crippen molar-refractivity contribution in [1.29, 1.82) is 0 Å². The molecule has 0 fully saturated rings. The van der Waals surface area contributed by atoms with Gasteiger partial charge in [0.25, 0.3) is 0 Å². The number of aliphatic hydroxyl groups excluding tert-OH is 1. The number of hydrogen-bond donors (Lipinski definition) is 3. The molecule has 0 amide bonds. The molecule has 3 nitrogen and oxygen atoms in total. The minimum atomic E-state index is 0.240. The van der Waals surface area contributed by atoms with Crippen molar-refractivity contribution in [3.63, 3.8) is 0 Å². The summed E-state index contributed by atoms with van der Waals surface area (Å²) in [6.45, 7) is 3.95. The minimum absolute atomic E-state index is 0.240. The van der Waals surface area contributed by atoms with Crippen LogP contribution in [0.2, 0.25) is 0 Å². The summed E-state index contributed by atoms with van der Waals surface area (Å²) in [5.74, 6) is 0. The number of benzene rings is 1. The molecule has 0 radical (unpaired) electrons. The molecule has 17 heavy (non-hydrogen) atoms. The summed E-state index contributed by atoms with van der Waals surface area (Å²) in [5, 5.41) is 12.2. The lowest BCUT2D eigenvalue weighted by Gasteiger charge is -2.17. The van der Waals surface area contributed by atoms with E-state index in [0.29, 0.717) is 6.54 Å². The summed E-state index contributed by atoms with van der Waals surface area (Å²) < 4.78 is 0. The van der Waals surface area contributed by atoms with Crippen LogP contribution in [-0.4, -0.2) is 24.8 Å². The highest BCUT2D eigenvalue weighted by molar-refractivity contribution is 5.25. The van der Waals surface area contributed by atoms with Crippen LogP contribution in [0.4, 0.5) is 0 Å². The lowest BCUT2D eigenvalue weighted by molar-refractivity contribution is 0.282. The Kier molecular flexibility index (Phi) is 6.86. The number of rotatable bonds is 8. The van der Waals surface area contributed by atoms with E-state index in [9.17, 15) is 0 Å². The van der Waals surface area contributed by atoms with Gasteiger partial charge in [0.15, 0.2) is 0 Å². The van der Waals surface area contributed by atoms with Crippen molar-refractivity contribution < 1.29 is 5.11 Å². The van der Waals surface area contributed by atoms with Gasteiger partial charge >= 0.3 is 0 Å². The highest BCUT2D eigenvalue weighted by Gasteiger charge is 2.07. The molecule has 0 bridgehead atoms. The van der Waals surface area contributed by atoms with Gasteiger partial charge in [-0.2, -0.15) is 0 Å². The van der Waals surface area contributed by atoms with E-state index < -0.39 is 0 Å². The van der Waals surface area contributed by atoms with E-state index in [0.717, 1.165) is 25.8 Å².